The molecule has 94 valence electrons. The fourth-order valence-corrected chi connectivity index (χ4v) is 2.83. The molecule has 1 saturated heterocycles. The van der Waals surface area contributed by atoms with E-state index in [1.807, 2.05) is 25.3 Å². The van der Waals surface area contributed by atoms with Crippen molar-refractivity contribution in [2.24, 2.45) is 5.92 Å². The first-order valence-corrected chi connectivity index (χ1v) is 7.36. The molecule has 0 bridgehead atoms. The van der Waals surface area contributed by atoms with Crippen molar-refractivity contribution in [2.75, 3.05) is 29.9 Å². The molecule has 1 aliphatic rings. The molecule has 0 unspecified atom stereocenters. The molecule has 0 saturated carbocycles. The minimum atomic E-state index is 0.691. The molecular formula is C13H19BrN2O. The number of rotatable bonds is 4. The van der Waals surface area contributed by atoms with Crippen LogP contribution in [0.25, 0.3) is 0 Å². The first kappa shape index (κ1) is 12.7. The van der Waals surface area contributed by atoms with Crippen LogP contribution in [0.5, 0.6) is 5.75 Å². The fraction of sp³-hybridized carbons (Fsp3) is 0.615. The normalized spacial score (nSPS) is 17.2. The molecule has 1 aromatic rings. The van der Waals surface area contributed by atoms with E-state index in [9.17, 15) is 0 Å². The van der Waals surface area contributed by atoms with Gasteiger partial charge in [0, 0.05) is 24.6 Å². The summed E-state index contributed by atoms with van der Waals surface area (Å²) in [6.07, 6.45) is 4.30. The number of ether oxygens (including phenoxy) is 1. The summed E-state index contributed by atoms with van der Waals surface area (Å²) < 4.78 is 5.63. The molecule has 0 atom stereocenters. The molecule has 0 aromatic carbocycles. The molecule has 0 radical (unpaired) electrons. The Morgan fingerprint density at radius 2 is 2.24 bits per heavy atom. The zero-order valence-corrected chi connectivity index (χ0v) is 11.8. The molecule has 0 spiro atoms. The summed E-state index contributed by atoms with van der Waals surface area (Å²) in [6.45, 7) is 4.85. The summed E-state index contributed by atoms with van der Waals surface area (Å²) in [4.78, 5) is 6.80. The van der Waals surface area contributed by atoms with E-state index in [2.05, 4.69) is 25.8 Å². The van der Waals surface area contributed by atoms with Gasteiger partial charge in [-0.15, -0.1) is 0 Å². The Hall–Kier alpha value is -0.770. The summed E-state index contributed by atoms with van der Waals surface area (Å²) in [5.74, 6) is 2.72. The SMILES string of the molecule is CCOc1cccnc1N1CCC(CBr)CC1. The number of nitrogens with zero attached hydrogens (tertiary/aromatic N) is 2. The van der Waals surface area contributed by atoms with Crippen molar-refractivity contribution in [1.82, 2.24) is 4.98 Å². The molecule has 0 N–H and O–H groups in total. The summed E-state index contributed by atoms with van der Waals surface area (Å²) >= 11 is 3.57. The van der Waals surface area contributed by atoms with E-state index in [1.165, 1.54) is 12.8 Å². The largest absolute Gasteiger partial charge is 0.490 e. The van der Waals surface area contributed by atoms with Crippen LogP contribution in [-0.2, 0) is 0 Å². The third kappa shape index (κ3) is 3.12. The van der Waals surface area contributed by atoms with Crippen LogP contribution in [0.4, 0.5) is 5.82 Å². The third-order valence-corrected chi connectivity index (χ3v) is 4.10. The second-order valence-electron chi connectivity index (χ2n) is 4.34. The maximum absolute atomic E-state index is 5.63. The predicted molar refractivity (Wildman–Crippen MR) is 74.1 cm³/mol. The van der Waals surface area contributed by atoms with Gasteiger partial charge in [-0.1, -0.05) is 15.9 Å². The third-order valence-electron chi connectivity index (χ3n) is 3.18. The minimum absolute atomic E-state index is 0.691. The molecule has 2 rings (SSSR count). The maximum Gasteiger partial charge on any atom is 0.171 e. The van der Waals surface area contributed by atoms with Gasteiger partial charge in [-0.05, 0) is 37.8 Å². The van der Waals surface area contributed by atoms with Crippen molar-refractivity contribution < 1.29 is 4.74 Å². The van der Waals surface area contributed by atoms with Crippen LogP contribution in [0.3, 0.4) is 0 Å². The summed E-state index contributed by atoms with van der Waals surface area (Å²) in [5, 5.41) is 1.11. The van der Waals surface area contributed by atoms with E-state index in [0.717, 1.165) is 35.9 Å². The van der Waals surface area contributed by atoms with Gasteiger partial charge in [0.2, 0.25) is 0 Å². The monoisotopic (exact) mass is 298 g/mol. The highest BCUT2D eigenvalue weighted by Gasteiger charge is 2.21. The Kier molecular flexibility index (Phi) is 4.66. The van der Waals surface area contributed by atoms with Crippen LogP contribution in [0.2, 0.25) is 0 Å². The van der Waals surface area contributed by atoms with Crippen molar-refractivity contribution in [3.63, 3.8) is 0 Å². The zero-order valence-electron chi connectivity index (χ0n) is 10.2. The van der Waals surface area contributed by atoms with Crippen molar-refractivity contribution in [1.29, 1.82) is 0 Å². The van der Waals surface area contributed by atoms with Gasteiger partial charge in [0.1, 0.15) is 0 Å². The fourth-order valence-electron chi connectivity index (χ4n) is 2.19. The number of aromatic nitrogens is 1. The first-order chi connectivity index (χ1) is 8.35. The predicted octanol–water partition coefficient (Wildman–Crippen LogP) is 3.09. The molecule has 17 heavy (non-hydrogen) atoms. The Balaban J connectivity index is 2.07. The number of halogens is 1. The minimum Gasteiger partial charge on any atom is -0.490 e. The van der Waals surface area contributed by atoms with Crippen LogP contribution in [0.15, 0.2) is 18.3 Å². The van der Waals surface area contributed by atoms with E-state index in [4.69, 9.17) is 4.74 Å². The topological polar surface area (TPSA) is 25.4 Å². The Bertz CT molecular complexity index is 351. The Morgan fingerprint density at radius 1 is 1.47 bits per heavy atom. The van der Waals surface area contributed by atoms with E-state index in [0.29, 0.717) is 6.61 Å². The molecule has 0 amide bonds. The number of pyridine rings is 1. The Labute approximate surface area is 111 Å². The van der Waals surface area contributed by atoms with Gasteiger partial charge in [0.15, 0.2) is 11.6 Å². The second kappa shape index (κ2) is 6.24. The summed E-state index contributed by atoms with van der Waals surface area (Å²) in [5.41, 5.74) is 0. The van der Waals surface area contributed by atoms with Gasteiger partial charge in [-0.2, -0.15) is 0 Å². The quantitative estimate of drug-likeness (QED) is 0.799. The van der Waals surface area contributed by atoms with Crippen molar-refractivity contribution in [3.8, 4) is 5.75 Å². The lowest BCUT2D eigenvalue weighted by atomic mass is 9.99. The average Bonchev–Trinajstić information content (AvgIpc) is 2.40. The van der Waals surface area contributed by atoms with E-state index < -0.39 is 0 Å². The molecule has 3 nitrogen and oxygen atoms in total. The highest BCUT2D eigenvalue weighted by molar-refractivity contribution is 9.09. The highest BCUT2D eigenvalue weighted by Crippen LogP contribution is 2.29. The van der Waals surface area contributed by atoms with Crippen LogP contribution in [-0.4, -0.2) is 30.0 Å². The number of anilines is 1. The lowest BCUT2D eigenvalue weighted by molar-refractivity contribution is 0.337. The zero-order chi connectivity index (χ0) is 12.1. The van der Waals surface area contributed by atoms with Gasteiger partial charge in [-0.3, -0.25) is 0 Å². The summed E-state index contributed by atoms with van der Waals surface area (Å²) in [6, 6.07) is 3.93. The second-order valence-corrected chi connectivity index (χ2v) is 4.99. The molecule has 1 fully saturated rings. The van der Waals surface area contributed by atoms with Crippen molar-refractivity contribution in [3.05, 3.63) is 18.3 Å². The van der Waals surface area contributed by atoms with Crippen LogP contribution in [0.1, 0.15) is 19.8 Å². The molecule has 4 heteroatoms. The molecule has 1 aliphatic heterocycles. The van der Waals surface area contributed by atoms with E-state index in [1.54, 1.807) is 0 Å². The van der Waals surface area contributed by atoms with Gasteiger partial charge in [0.05, 0.1) is 6.61 Å². The highest BCUT2D eigenvalue weighted by atomic mass is 79.9. The maximum atomic E-state index is 5.63. The van der Waals surface area contributed by atoms with E-state index in [-0.39, 0.29) is 0 Å². The van der Waals surface area contributed by atoms with Gasteiger partial charge < -0.3 is 9.64 Å². The summed E-state index contributed by atoms with van der Waals surface area (Å²) in [7, 11) is 0. The van der Waals surface area contributed by atoms with Gasteiger partial charge >= 0.3 is 0 Å². The van der Waals surface area contributed by atoms with Crippen molar-refractivity contribution >= 4 is 21.7 Å². The van der Waals surface area contributed by atoms with Crippen LogP contribution < -0.4 is 9.64 Å². The number of piperidine rings is 1. The molecule has 0 aliphatic carbocycles. The van der Waals surface area contributed by atoms with E-state index >= 15 is 0 Å². The van der Waals surface area contributed by atoms with Crippen LogP contribution in [0, 0.1) is 5.92 Å². The number of hydrogen-bond donors (Lipinski definition) is 0. The molecule has 2 heterocycles. The molecule has 1 aromatic heterocycles. The smallest absolute Gasteiger partial charge is 0.171 e. The Morgan fingerprint density at radius 3 is 2.88 bits per heavy atom. The average molecular weight is 299 g/mol. The molecular weight excluding hydrogens is 280 g/mol. The first-order valence-electron chi connectivity index (χ1n) is 6.24. The number of hydrogen-bond acceptors (Lipinski definition) is 3. The van der Waals surface area contributed by atoms with Gasteiger partial charge in [-0.25, -0.2) is 4.98 Å². The number of alkyl halides is 1. The lowest BCUT2D eigenvalue weighted by Gasteiger charge is -2.32. The van der Waals surface area contributed by atoms with Crippen molar-refractivity contribution in [2.45, 2.75) is 19.8 Å². The standard InChI is InChI=1S/C13H19BrN2O/c1-2-17-12-4-3-7-15-13(12)16-8-5-11(10-14)6-9-16/h3-4,7,11H,2,5-6,8-10H2,1H3. The van der Waals surface area contributed by atoms with Crippen LogP contribution >= 0.6 is 15.9 Å². The van der Waals surface area contributed by atoms with Gasteiger partial charge in [0.25, 0.3) is 0 Å². The lowest BCUT2D eigenvalue weighted by Crippen LogP contribution is -2.34.